The molecular formula is C7H19ClSi. The van der Waals surface area contributed by atoms with Gasteiger partial charge in [-0.25, -0.2) is 0 Å². The Morgan fingerprint density at radius 1 is 1.11 bits per heavy atom. The minimum atomic E-state index is -0.678. The van der Waals surface area contributed by atoms with E-state index in [4.69, 9.17) is 0 Å². The van der Waals surface area contributed by atoms with Gasteiger partial charge in [0.1, 0.15) is 0 Å². The minimum Gasteiger partial charge on any atom is -0.147 e. The number of unbranched alkanes of at least 4 members (excludes halogenated alkanes) is 1. The second kappa shape index (κ2) is 5.30. The summed E-state index contributed by atoms with van der Waals surface area (Å²) in [7, 11) is -0.678. The Kier molecular flexibility index (Phi) is 7.19. The number of hydrogen-bond donors (Lipinski definition) is 0. The van der Waals surface area contributed by atoms with Gasteiger partial charge in [-0.15, -0.1) is 12.4 Å². The molecule has 0 spiro atoms. The lowest BCUT2D eigenvalue weighted by Crippen LogP contribution is -2.18. The Hall–Kier alpha value is 0.507. The first-order valence-electron chi connectivity index (χ1n) is 3.56. The third-order valence-electron chi connectivity index (χ3n) is 1.28. The molecule has 0 saturated heterocycles. The van der Waals surface area contributed by atoms with Gasteiger partial charge in [0.25, 0.3) is 0 Å². The van der Waals surface area contributed by atoms with Crippen LogP contribution < -0.4 is 0 Å². The van der Waals surface area contributed by atoms with E-state index in [-0.39, 0.29) is 12.4 Å². The van der Waals surface area contributed by atoms with Crippen molar-refractivity contribution in [1.29, 1.82) is 0 Å². The van der Waals surface area contributed by atoms with E-state index in [1.54, 1.807) is 0 Å². The maximum absolute atomic E-state index is 2.43. The van der Waals surface area contributed by atoms with Gasteiger partial charge < -0.3 is 0 Å². The third-order valence-corrected chi connectivity index (χ3v) is 3.13. The molecule has 0 aromatic rings. The smallest absolute Gasteiger partial charge is 0.0442 e. The van der Waals surface area contributed by atoms with E-state index in [1.165, 1.54) is 18.9 Å². The molecule has 0 aliphatic rings. The third kappa shape index (κ3) is 11.9. The Bertz CT molecular complexity index is 56.4. The molecule has 0 amide bonds. The molecule has 0 nitrogen and oxygen atoms in total. The fourth-order valence-corrected chi connectivity index (χ4v) is 2.12. The Labute approximate surface area is 66.5 Å². The van der Waals surface area contributed by atoms with Gasteiger partial charge in [0.05, 0.1) is 0 Å². The summed E-state index contributed by atoms with van der Waals surface area (Å²) in [6.45, 7) is 9.56. The highest BCUT2D eigenvalue weighted by atomic mass is 35.5. The molecule has 58 valence electrons. The van der Waals surface area contributed by atoms with E-state index >= 15 is 0 Å². The van der Waals surface area contributed by atoms with Crippen LogP contribution >= 0.6 is 12.4 Å². The predicted octanol–water partition coefficient (Wildman–Crippen LogP) is 3.55. The van der Waals surface area contributed by atoms with Gasteiger partial charge in [0.2, 0.25) is 0 Å². The van der Waals surface area contributed by atoms with Crippen LogP contribution in [0.2, 0.25) is 25.7 Å². The van der Waals surface area contributed by atoms with E-state index < -0.39 is 8.07 Å². The Morgan fingerprint density at radius 3 is 1.67 bits per heavy atom. The van der Waals surface area contributed by atoms with Gasteiger partial charge in [0.15, 0.2) is 0 Å². The topological polar surface area (TPSA) is 0 Å². The van der Waals surface area contributed by atoms with E-state index in [0.29, 0.717) is 0 Å². The van der Waals surface area contributed by atoms with Crippen molar-refractivity contribution in [2.24, 2.45) is 0 Å². The van der Waals surface area contributed by atoms with Gasteiger partial charge in [-0.3, -0.25) is 0 Å². The van der Waals surface area contributed by atoms with Crippen LogP contribution in [-0.4, -0.2) is 8.07 Å². The molecule has 0 aliphatic carbocycles. The molecule has 0 bridgehead atoms. The summed E-state index contributed by atoms with van der Waals surface area (Å²) >= 11 is 0. The molecule has 0 heterocycles. The summed E-state index contributed by atoms with van der Waals surface area (Å²) < 4.78 is 0. The molecule has 0 N–H and O–H groups in total. The molecule has 0 saturated carbocycles. The van der Waals surface area contributed by atoms with Crippen molar-refractivity contribution in [3.8, 4) is 0 Å². The van der Waals surface area contributed by atoms with Gasteiger partial charge in [0, 0.05) is 8.07 Å². The molecule has 0 radical (unpaired) electrons. The van der Waals surface area contributed by atoms with Gasteiger partial charge >= 0.3 is 0 Å². The van der Waals surface area contributed by atoms with E-state index in [9.17, 15) is 0 Å². The van der Waals surface area contributed by atoms with E-state index in [2.05, 4.69) is 26.6 Å². The van der Waals surface area contributed by atoms with Gasteiger partial charge in [-0.2, -0.15) is 0 Å². The summed E-state index contributed by atoms with van der Waals surface area (Å²) in [5.41, 5.74) is 0. The summed E-state index contributed by atoms with van der Waals surface area (Å²) in [5.74, 6) is 0. The first kappa shape index (κ1) is 12.2. The predicted molar refractivity (Wildman–Crippen MR) is 50.3 cm³/mol. The van der Waals surface area contributed by atoms with Crippen LogP contribution in [0.4, 0.5) is 0 Å². The molecule has 9 heavy (non-hydrogen) atoms. The molecule has 0 atom stereocenters. The van der Waals surface area contributed by atoms with Crippen LogP contribution in [0, 0.1) is 0 Å². The number of halogens is 1. The van der Waals surface area contributed by atoms with Crippen molar-refractivity contribution in [1.82, 2.24) is 0 Å². The zero-order valence-electron chi connectivity index (χ0n) is 7.03. The Morgan fingerprint density at radius 2 is 1.56 bits per heavy atom. The highest BCUT2D eigenvalue weighted by molar-refractivity contribution is 6.76. The normalized spacial score (nSPS) is 10.7. The number of hydrogen-bond acceptors (Lipinski definition) is 0. The van der Waals surface area contributed by atoms with Crippen molar-refractivity contribution in [3.05, 3.63) is 0 Å². The molecule has 0 aliphatic heterocycles. The average Bonchev–Trinajstić information content (AvgIpc) is 1.59. The van der Waals surface area contributed by atoms with E-state index in [0.717, 1.165) is 0 Å². The van der Waals surface area contributed by atoms with Gasteiger partial charge in [-0.05, 0) is 0 Å². The summed E-state index contributed by atoms with van der Waals surface area (Å²) in [6.07, 6.45) is 2.81. The number of rotatable bonds is 3. The van der Waals surface area contributed by atoms with Crippen LogP contribution in [0.1, 0.15) is 19.8 Å². The highest BCUT2D eigenvalue weighted by Crippen LogP contribution is 2.11. The van der Waals surface area contributed by atoms with Crippen molar-refractivity contribution in [2.75, 3.05) is 0 Å². The lowest BCUT2D eigenvalue weighted by atomic mass is 10.4. The molecule has 0 aromatic heterocycles. The molecule has 0 unspecified atom stereocenters. The molecule has 2 heteroatoms. The van der Waals surface area contributed by atoms with Gasteiger partial charge in [-0.1, -0.05) is 45.5 Å². The minimum absolute atomic E-state index is 0. The Balaban J connectivity index is 0. The summed E-state index contributed by atoms with van der Waals surface area (Å²) in [4.78, 5) is 0. The van der Waals surface area contributed by atoms with Crippen LogP contribution in [0.3, 0.4) is 0 Å². The lowest BCUT2D eigenvalue weighted by Gasteiger charge is -2.13. The van der Waals surface area contributed by atoms with Crippen molar-refractivity contribution in [3.63, 3.8) is 0 Å². The second-order valence-corrected chi connectivity index (χ2v) is 9.29. The second-order valence-electron chi connectivity index (χ2n) is 3.66. The fourth-order valence-electron chi connectivity index (χ4n) is 0.707. The monoisotopic (exact) mass is 166 g/mol. The molecule has 0 aromatic carbocycles. The SMILES string of the molecule is CCCC[Si](C)(C)C.Cl. The highest BCUT2D eigenvalue weighted by Gasteiger charge is 2.10. The standard InChI is InChI=1S/C7H18Si.ClH/c1-5-6-7-8(2,3)4;/h5-7H2,1-4H3;1H. The molecular weight excluding hydrogens is 148 g/mol. The lowest BCUT2D eigenvalue weighted by molar-refractivity contribution is 0.868. The average molecular weight is 167 g/mol. The van der Waals surface area contributed by atoms with Crippen LogP contribution in [0.5, 0.6) is 0 Å². The zero-order chi connectivity index (χ0) is 6.62. The first-order chi connectivity index (χ1) is 3.56. The zero-order valence-corrected chi connectivity index (χ0v) is 8.85. The summed E-state index contributed by atoms with van der Waals surface area (Å²) in [5, 5.41) is 0. The molecule has 0 rings (SSSR count). The fraction of sp³-hybridized carbons (Fsp3) is 1.00. The maximum Gasteiger partial charge on any atom is 0.0442 e. The quantitative estimate of drug-likeness (QED) is 0.563. The molecule has 0 fully saturated rings. The van der Waals surface area contributed by atoms with Crippen LogP contribution in [-0.2, 0) is 0 Å². The van der Waals surface area contributed by atoms with E-state index in [1.807, 2.05) is 0 Å². The largest absolute Gasteiger partial charge is 0.147 e. The van der Waals surface area contributed by atoms with Crippen LogP contribution in [0.15, 0.2) is 0 Å². The van der Waals surface area contributed by atoms with Crippen molar-refractivity contribution < 1.29 is 0 Å². The van der Waals surface area contributed by atoms with Crippen LogP contribution in [0.25, 0.3) is 0 Å². The summed E-state index contributed by atoms with van der Waals surface area (Å²) in [6, 6.07) is 1.50. The first-order valence-corrected chi connectivity index (χ1v) is 7.27. The van der Waals surface area contributed by atoms with Crippen molar-refractivity contribution in [2.45, 2.75) is 45.5 Å². The maximum atomic E-state index is 2.43. The van der Waals surface area contributed by atoms with Crippen molar-refractivity contribution >= 4 is 20.5 Å².